The van der Waals surface area contributed by atoms with E-state index >= 15 is 0 Å². The molecule has 0 amide bonds. The molecule has 0 aromatic heterocycles. The van der Waals surface area contributed by atoms with Crippen molar-refractivity contribution in [2.45, 2.75) is 20.3 Å². The predicted molar refractivity (Wildman–Crippen MR) is 26.0 cm³/mol. The van der Waals surface area contributed by atoms with Crippen LogP contribution in [0.4, 0.5) is 0 Å². The Morgan fingerprint density at radius 2 is 1.75 bits per heavy atom. The molecule has 0 aromatic carbocycles. The minimum Gasteiger partial charge on any atom is -0.291 e. The molecule has 0 spiro atoms. The minimum absolute atomic E-state index is 0. The quantitative estimate of drug-likeness (QED) is 0.697. The van der Waals surface area contributed by atoms with Gasteiger partial charge in [0.05, 0.1) is 0 Å². The summed E-state index contributed by atoms with van der Waals surface area (Å²) in [6, 6.07) is 0. The molecule has 8 heavy (non-hydrogen) atoms. The maximum atomic E-state index is 10.2. The van der Waals surface area contributed by atoms with Crippen molar-refractivity contribution in [2.24, 2.45) is 0 Å². The molecule has 0 saturated carbocycles. The van der Waals surface area contributed by atoms with Crippen LogP contribution in [0.3, 0.4) is 0 Å². The Morgan fingerprint density at radius 1 is 1.38 bits per heavy atom. The molecule has 3 heteroatoms. The van der Waals surface area contributed by atoms with Crippen molar-refractivity contribution in [3.8, 4) is 0 Å². The summed E-state index contributed by atoms with van der Waals surface area (Å²) in [5.74, 6) is -0.637. The van der Waals surface area contributed by atoms with Crippen LogP contribution in [0.1, 0.15) is 20.3 Å². The van der Waals surface area contributed by atoms with Crippen molar-refractivity contribution in [1.82, 2.24) is 0 Å². The summed E-state index contributed by atoms with van der Waals surface area (Å²) < 4.78 is 0. The van der Waals surface area contributed by atoms with E-state index in [4.69, 9.17) is 0 Å². The van der Waals surface area contributed by atoms with Gasteiger partial charge in [0.25, 0.3) is 0 Å². The third-order valence-electron chi connectivity index (χ3n) is 0.714. The average Bonchev–Trinajstić information content (AvgIpc) is 1.65. The topological polar surface area (TPSA) is 34.1 Å². The third kappa shape index (κ3) is 4.19. The second-order valence-corrected chi connectivity index (χ2v) is 1.33. The first-order chi connectivity index (χ1) is 3.18. The molecule has 0 aliphatic carbocycles. The smallest absolute Gasteiger partial charge is 0.291 e. The van der Waals surface area contributed by atoms with Crippen molar-refractivity contribution in [1.29, 1.82) is 0 Å². The largest absolute Gasteiger partial charge is 2.00 e. The number of hydrogen-bond acceptors (Lipinski definition) is 2. The maximum absolute atomic E-state index is 10.2. The summed E-state index contributed by atoms with van der Waals surface area (Å²) in [5, 5.41) is 0. The summed E-state index contributed by atoms with van der Waals surface area (Å²) in [7, 11) is 0. The molecule has 0 aliphatic heterocycles. The van der Waals surface area contributed by atoms with Crippen LogP contribution in [0.5, 0.6) is 0 Å². The standard InChI is InChI=1S/C5H8O2.Pt/c1-3-5(7)4(2)6;/h3H2,1-2H3;/q;+2. The van der Waals surface area contributed by atoms with Crippen LogP contribution in [-0.2, 0) is 30.7 Å². The van der Waals surface area contributed by atoms with Gasteiger partial charge in [-0.05, 0) is 0 Å². The van der Waals surface area contributed by atoms with Crippen LogP contribution in [-0.4, -0.2) is 11.6 Å². The fourth-order valence-electron chi connectivity index (χ4n) is 0.249. The summed E-state index contributed by atoms with van der Waals surface area (Å²) in [4.78, 5) is 20.2. The number of ketones is 2. The maximum Gasteiger partial charge on any atom is 2.00 e. The van der Waals surface area contributed by atoms with Gasteiger partial charge in [-0.25, -0.2) is 0 Å². The van der Waals surface area contributed by atoms with E-state index in [0.29, 0.717) is 6.42 Å². The summed E-state index contributed by atoms with van der Waals surface area (Å²) >= 11 is 0. The Kier molecular flexibility index (Phi) is 7.05. The fraction of sp³-hybridized carbons (Fsp3) is 0.600. The molecule has 0 heterocycles. The first-order valence-corrected chi connectivity index (χ1v) is 2.22. The fourth-order valence-corrected chi connectivity index (χ4v) is 0.249. The van der Waals surface area contributed by atoms with E-state index < -0.39 is 0 Å². The molecular formula is C5H8O2Pt+2. The molecule has 0 atom stereocenters. The van der Waals surface area contributed by atoms with Crippen molar-refractivity contribution in [3.05, 3.63) is 0 Å². The van der Waals surface area contributed by atoms with Crippen molar-refractivity contribution in [2.75, 3.05) is 0 Å². The van der Waals surface area contributed by atoms with E-state index in [1.807, 2.05) is 0 Å². The molecule has 0 aromatic rings. The van der Waals surface area contributed by atoms with Gasteiger partial charge in [-0.2, -0.15) is 0 Å². The second kappa shape index (κ2) is 5.17. The molecule has 0 bridgehead atoms. The van der Waals surface area contributed by atoms with Gasteiger partial charge in [0.1, 0.15) is 0 Å². The number of Topliss-reactive ketones (excluding diaryl/α,β-unsaturated/α-hetero) is 2. The van der Waals surface area contributed by atoms with Gasteiger partial charge in [-0.3, -0.25) is 9.59 Å². The number of hydrogen-bond donors (Lipinski definition) is 0. The number of rotatable bonds is 2. The first kappa shape index (κ1) is 10.9. The Bertz CT molecular complexity index is 98.6. The van der Waals surface area contributed by atoms with Gasteiger partial charge in [0.15, 0.2) is 11.6 Å². The van der Waals surface area contributed by atoms with E-state index in [1.54, 1.807) is 6.92 Å². The molecule has 2 nitrogen and oxygen atoms in total. The van der Waals surface area contributed by atoms with Crippen LogP contribution in [0.25, 0.3) is 0 Å². The van der Waals surface area contributed by atoms with Gasteiger partial charge in [-0.15, -0.1) is 0 Å². The van der Waals surface area contributed by atoms with Crippen LogP contribution in [0.2, 0.25) is 0 Å². The summed E-state index contributed by atoms with van der Waals surface area (Å²) in [6.07, 6.45) is 0.329. The van der Waals surface area contributed by atoms with Crippen molar-refractivity contribution < 1.29 is 30.7 Å². The molecule has 0 N–H and O–H groups in total. The Labute approximate surface area is 62.9 Å². The van der Waals surface area contributed by atoms with E-state index in [-0.39, 0.29) is 32.6 Å². The van der Waals surface area contributed by atoms with Gasteiger partial charge in [-0.1, -0.05) is 6.92 Å². The first-order valence-electron chi connectivity index (χ1n) is 2.22. The van der Waals surface area contributed by atoms with Crippen LogP contribution < -0.4 is 0 Å². The molecular weight excluding hydrogens is 287 g/mol. The van der Waals surface area contributed by atoms with Crippen LogP contribution in [0.15, 0.2) is 0 Å². The average molecular weight is 295 g/mol. The summed E-state index contributed by atoms with van der Waals surface area (Å²) in [5.41, 5.74) is 0. The molecule has 0 aliphatic rings. The van der Waals surface area contributed by atoms with Crippen molar-refractivity contribution in [3.63, 3.8) is 0 Å². The van der Waals surface area contributed by atoms with E-state index in [2.05, 4.69) is 0 Å². The minimum atomic E-state index is -0.345. The van der Waals surface area contributed by atoms with Gasteiger partial charge < -0.3 is 0 Å². The van der Waals surface area contributed by atoms with Crippen molar-refractivity contribution >= 4 is 11.6 Å². The van der Waals surface area contributed by atoms with E-state index in [9.17, 15) is 9.59 Å². The number of carbonyl (C=O) groups excluding carboxylic acids is 2. The molecule has 48 valence electrons. The van der Waals surface area contributed by atoms with E-state index in [1.165, 1.54) is 6.92 Å². The second-order valence-electron chi connectivity index (χ2n) is 1.33. The van der Waals surface area contributed by atoms with Gasteiger partial charge >= 0.3 is 21.1 Å². The molecule has 0 unspecified atom stereocenters. The predicted octanol–water partition coefficient (Wildman–Crippen LogP) is 0.552. The molecule has 0 fully saturated rings. The Balaban J connectivity index is 0. The van der Waals surface area contributed by atoms with Crippen LogP contribution >= 0.6 is 0 Å². The zero-order valence-corrected chi connectivity index (χ0v) is 7.11. The SMILES string of the molecule is CCC(=O)C(C)=O.[Pt+2]. The van der Waals surface area contributed by atoms with Gasteiger partial charge in [0.2, 0.25) is 0 Å². The summed E-state index contributed by atoms with van der Waals surface area (Å²) in [6.45, 7) is 2.95. The Morgan fingerprint density at radius 3 is 1.75 bits per heavy atom. The zero-order chi connectivity index (χ0) is 5.86. The van der Waals surface area contributed by atoms with Crippen LogP contribution in [0, 0.1) is 0 Å². The normalized spacial score (nSPS) is 7.25. The molecule has 0 saturated heterocycles. The molecule has 0 radical (unpaired) electrons. The zero-order valence-electron chi connectivity index (χ0n) is 4.84. The van der Waals surface area contributed by atoms with E-state index in [0.717, 1.165) is 0 Å². The molecule has 0 rings (SSSR count). The monoisotopic (exact) mass is 295 g/mol. The number of carbonyl (C=O) groups is 2. The van der Waals surface area contributed by atoms with Gasteiger partial charge in [0, 0.05) is 13.3 Å². The third-order valence-corrected chi connectivity index (χ3v) is 0.714. The Hall–Kier alpha value is 0.0283.